The third kappa shape index (κ3) is 5.88. The van der Waals surface area contributed by atoms with Crippen LogP contribution in [-0.2, 0) is 9.59 Å². The molecule has 3 N–H and O–H groups in total. The van der Waals surface area contributed by atoms with Gasteiger partial charge < -0.3 is 15.5 Å². The Morgan fingerprint density at radius 2 is 1.86 bits per heavy atom. The van der Waals surface area contributed by atoms with Gasteiger partial charge in [0.25, 0.3) is 17.5 Å². The van der Waals surface area contributed by atoms with Gasteiger partial charge in [-0.25, -0.2) is 0 Å². The summed E-state index contributed by atoms with van der Waals surface area (Å²) in [7, 11) is 1.71. The number of hydrogen-bond acceptors (Lipinski definition) is 4. The molecule has 0 aliphatic carbocycles. The summed E-state index contributed by atoms with van der Waals surface area (Å²) in [6.45, 7) is 2.78. The average Bonchev–Trinajstić information content (AvgIpc) is 2.45. The van der Waals surface area contributed by atoms with Crippen LogP contribution in [-0.4, -0.2) is 43.4 Å². The van der Waals surface area contributed by atoms with E-state index in [4.69, 9.17) is 0 Å². The highest BCUT2D eigenvalue weighted by atomic mass is 16.6. The van der Waals surface area contributed by atoms with E-state index in [2.05, 4.69) is 10.6 Å². The second-order valence-electron chi connectivity index (χ2n) is 4.98. The van der Waals surface area contributed by atoms with Crippen LogP contribution in [0.5, 0.6) is 0 Å². The van der Waals surface area contributed by atoms with Crippen LogP contribution in [0.4, 0.5) is 11.4 Å². The van der Waals surface area contributed by atoms with E-state index in [-0.39, 0.29) is 36.3 Å². The van der Waals surface area contributed by atoms with E-state index in [1.54, 1.807) is 13.1 Å². The number of nitro benzene ring substituents is 1. The van der Waals surface area contributed by atoms with E-state index in [0.717, 1.165) is 6.42 Å². The molecule has 1 atom stereocenters. The zero-order chi connectivity index (χ0) is 16.5. The molecule has 0 aromatic heterocycles. The number of amides is 2. The van der Waals surface area contributed by atoms with Crippen molar-refractivity contribution in [1.82, 2.24) is 5.32 Å². The summed E-state index contributed by atoms with van der Waals surface area (Å²) < 4.78 is 0. The van der Waals surface area contributed by atoms with Crippen LogP contribution >= 0.6 is 0 Å². The summed E-state index contributed by atoms with van der Waals surface area (Å²) >= 11 is 0. The Kier molecular flexibility index (Phi) is 6.97. The molecule has 120 valence electrons. The first-order chi connectivity index (χ1) is 10.4. The summed E-state index contributed by atoms with van der Waals surface area (Å²) in [6, 6.07) is 5.93. The van der Waals surface area contributed by atoms with Gasteiger partial charge in [-0.2, -0.15) is 0 Å². The predicted molar refractivity (Wildman–Crippen MR) is 81.6 cm³/mol. The minimum atomic E-state index is -0.551. The van der Waals surface area contributed by atoms with Gasteiger partial charge in [-0.3, -0.25) is 19.7 Å². The molecule has 1 rings (SSSR count). The standard InChI is InChI=1S/C14H20N4O4/c1-3-8-15-13(19)9-17(2)10-14(20)16-11-6-4-5-7-12(11)18(21)22/h4-7H,3,8-10H2,1-2H3,(H,15,19)(H,16,20)/p+1. The highest BCUT2D eigenvalue weighted by Gasteiger charge is 2.18. The maximum Gasteiger partial charge on any atom is 0.292 e. The molecule has 1 aromatic rings. The first kappa shape index (κ1) is 17.6. The molecule has 8 heteroatoms. The van der Waals surface area contributed by atoms with Gasteiger partial charge in [0.2, 0.25) is 0 Å². The van der Waals surface area contributed by atoms with Gasteiger partial charge in [0.05, 0.1) is 12.0 Å². The van der Waals surface area contributed by atoms with Gasteiger partial charge in [0, 0.05) is 12.6 Å². The van der Waals surface area contributed by atoms with E-state index in [1.165, 1.54) is 18.2 Å². The smallest absolute Gasteiger partial charge is 0.292 e. The Hall–Kier alpha value is -2.48. The Labute approximate surface area is 128 Å². The molecule has 0 aliphatic rings. The predicted octanol–water partition coefficient (Wildman–Crippen LogP) is -0.426. The molecule has 0 heterocycles. The van der Waals surface area contributed by atoms with E-state index in [1.807, 2.05) is 6.92 Å². The largest absolute Gasteiger partial charge is 0.351 e. The van der Waals surface area contributed by atoms with Crippen molar-refractivity contribution in [2.45, 2.75) is 13.3 Å². The topological polar surface area (TPSA) is 106 Å². The number of nitro groups is 1. The highest BCUT2D eigenvalue weighted by Crippen LogP contribution is 2.22. The molecule has 0 saturated carbocycles. The van der Waals surface area contributed by atoms with Gasteiger partial charge in [-0.1, -0.05) is 19.1 Å². The molecule has 0 bridgehead atoms. The Morgan fingerprint density at radius 1 is 1.23 bits per heavy atom. The Balaban J connectivity index is 2.53. The number of hydrogen-bond donors (Lipinski definition) is 3. The lowest BCUT2D eigenvalue weighted by Gasteiger charge is -2.13. The summed E-state index contributed by atoms with van der Waals surface area (Å²) in [6.07, 6.45) is 0.850. The Bertz CT molecular complexity index is 547. The number of rotatable bonds is 8. The van der Waals surface area contributed by atoms with Crippen molar-refractivity contribution in [3.8, 4) is 0 Å². The monoisotopic (exact) mass is 309 g/mol. The number of anilines is 1. The lowest BCUT2D eigenvalue weighted by atomic mass is 10.2. The zero-order valence-electron chi connectivity index (χ0n) is 12.7. The number of nitrogens with one attached hydrogen (secondary N) is 3. The van der Waals surface area contributed by atoms with E-state index >= 15 is 0 Å². The minimum Gasteiger partial charge on any atom is -0.351 e. The maximum atomic E-state index is 11.9. The fourth-order valence-electron chi connectivity index (χ4n) is 1.87. The SMILES string of the molecule is CCCNC(=O)C[NH+](C)CC(=O)Nc1ccccc1[N+](=O)[O-]. The second-order valence-corrected chi connectivity index (χ2v) is 4.98. The van der Waals surface area contributed by atoms with Gasteiger partial charge in [-0.15, -0.1) is 0 Å². The number of quaternary nitrogens is 1. The van der Waals surface area contributed by atoms with E-state index in [0.29, 0.717) is 11.4 Å². The van der Waals surface area contributed by atoms with Crippen LogP contribution < -0.4 is 15.5 Å². The van der Waals surface area contributed by atoms with Crippen molar-refractivity contribution in [2.24, 2.45) is 0 Å². The third-order valence-corrected chi connectivity index (χ3v) is 2.87. The third-order valence-electron chi connectivity index (χ3n) is 2.87. The highest BCUT2D eigenvalue weighted by molar-refractivity contribution is 5.93. The summed E-state index contributed by atoms with van der Waals surface area (Å²) in [5, 5.41) is 16.1. The average molecular weight is 309 g/mol. The molecular formula is C14H21N4O4+. The van der Waals surface area contributed by atoms with Crippen LogP contribution in [0.1, 0.15) is 13.3 Å². The van der Waals surface area contributed by atoms with Crippen LogP contribution in [0.2, 0.25) is 0 Å². The molecule has 1 aromatic carbocycles. The molecular weight excluding hydrogens is 288 g/mol. The Morgan fingerprint density at radius 3 is 2.50 bits per heavy atom. The van der Waals surface area contributed by atoms with Crippen LogP contribution in [0, 0.1) is 10.1 Å². The fourth-order valence-corrected chi connectivity index (χ4v) is 1.87. The summed E-state index contributed by atoms with van der Waals surface area (Å²) in [5.74, 6) is -0.507. The lowest BCUT2D eigenvalue weighted by molar-refractivity contribution is -0.862. The first-order valence-corrected chi connectivity index (χ1v) is 7.05. The zero-order valence-corrected chi connectivity index (χ0v) is 12.7. The second kappa shape index (κ2) is 8.73. The van der Waals surface area contributed by atoms with E-state index < -0.39 is 4.92 Å². The molecule has 0 spiro atoms. The van der Waals surface area contributed by atoms with Crippen molar-refractivity contribution in [2.75, 3.05) is 32.0 Å². The molecule has 8 nitrogen and oxygen atoms in total. The number of nitrogens with zero attached hydrogens (tertiary/aromatic N) is 1. The molecule has 0 fully saturated rings. The number of carbonyl (C=O) groups excluding carboxylic acids is 2. The van der Waals surface area contributed by atoms with Gasteiger partial charge in [0.15, 0.2) is 13.1 Å². The molecule has 22 heavy (non-hydrogen) atoms. The summed E-state index contributed by atoms with van der Waals surface area (Å²) in [5.41, 5.74) is -0.00470. The van der Waals surface area contributed by atoms with Crippen molar-refractivity contribution < 1.29 is 19.4 Å². The van der Waals surface area contributed by atoms with Gasteiger partial charge in [-0.05, 0) is 12.5 Å². The lowest BCUT2D eigenvalue weighted by Crippen LogP contribution is -3.11. The normalized spacial score (nSPS) is 11.5. The van der Waals surface area contributed by atoms with Crippen molar-refractivity contribution in [3.05, 3.63) is 34.4 Å². The van der Waals surface area contributed by atoms with Crippen molar-refractivity contribution in [3.63, 3.8) is 0 Å². The fraction of sp³-hybridized carbons (Fsp3) is 0.429. The van der Waals surface area contributed by atoms with Crippen LogP contribution in [0.3, 0.4) is 0 Å². The minimum absolute atomic E-state index is 0.0472. The van der Waals surface area contributed by atoms with Crippen molar-refractivity contribution >= 4 is 23.2 Å². The van der Waals surface area contributed by atoms with Crippen LogP contribution in [0.25, 0.3) is 0 Å². The number of likely N-dealkylation sites (N-methyl/N-ethyl adjacent to an activating group) is 1. The summed E-state index contributed by atoms with van der Waals surface area (Å²) in [4.78, 5) is 34.5. The molecule has 2 amide bonds. The number of para-hydroxylation sites is 2. The van der Waals surface area contributed by atoms with E-state index in [9.17, 15) is 19.7 Å². The van der Waals surface area contributed by atoms with Gasteiger partial charge in [0.1, 0.15) is 5.69 Å². The molecule has 1 unspecified atom stereocenters. The first-order valence-electron chi connectivity index (χ1n) is 7.05. The maximum absolute atomic E-state index is 11.9. The van der Waals surface area contributed by atoms with Crippen LogP contribution in [0.15, 0.2) is 24.3 Å². The van der Waals surface area contributed by atoms with Crippen molar-refractivity contribution in [1.29, 1.82) is 0 Å². The number of carbonyl (C=O) groups is 2. The number of benzene rings is 1. The molecule has 0 radical (unpaired) electrons. The molecule has 0 aliphatic heterocycles. The molecule has 0 saturated heterocycles. The quantitative estimate of drug-likeness (QED) is 0.448. The van der Waals surface area contributed by atoms with Gasteiger partial charge >= 0.3 is 0 Å².